The summed E-state index contributed by atoms with van der Waals surface area (Å²) in [5.41, 5.74) is -0.0645. The van der Waals surface area contributed by atoms with Gasteiger partial charge in [0, 0.05) is 32.9 Å². The van der Waals surface area contributed by atoms with E-state index in [1.165, 1.54) is 0 Å². The highest BCUT2D eigenvalue weighted by atomic mass is 16.5. The van der Waals surface area contributed by atoms with E-state index in [0.717, 1.165) is 45.8 Å². The fourth-order valence-corrected chi connectivity index (χ4v) is 2.44. The van der Waals surface area contributed by atoms with Gasteiger partial charge in [0.15, 0.2) is 0 Å². The van der Waals surface area contributed by atoms with Crippen molar-refractivity contribution in [1.29, 1.82) is 0 Å². The second kappa shape index (κ2) is 6.14. The zero-order valence-corrected chi connectivity index (χ0v) is 11.0. The molecule has 0 amide bonds. The second-order valence-electron chi connectivity index (χ2n) is 5.72. The molecule has 2 fully saturated rings. The Hall–Kier alpha value is -0.160. The van der Waals surface area contributed by atoms with Crippen LogP contribution in [0.5, 0.6) is 0 Å². The summed E-state index contributed by atoms with van der Waals surface area (Å²) >= 11 is 0. The molecule has 2 rings (SSSR count). The maximum Gasteiger partial charge on any atom is 0.0940 e. The summed E-state index contributed by atoms with van der Waals surface area (Å²) < 4.78 is 17.1. The summed E-state index contributed by atoms with van der Waals surface area (Å²) in [6.07, 6.45) is 2.46. The largest absolute Gasteiger partial charge is 0.381 e. The predicted octanol–water partition coefficient (Wildman–Crippen LogP) is 1.20. The van der Waals surface area contributed by atoms with Crippen molar-refractivity contribution in [2.75, 3.05) is 39.5 Å². The monoisotopic (exact) mass is 243 g/mol. The van der Waals surface area contributed by atoms with Crippen LogP contribution in [0.2, 0.25) is 0 Å². The van der Waals surface area contributed by atoms with E-state index in [0.29, 0.717) is 12.5 Å². The van der Waals surface area contributed by atoms with Gasteiger partial charge in [0.05, 0.1) is 18.3 Å². The molecule has 17 heavy (non-hydrogen) atoms. The highest BCUT2D eigenvalue weighted by Gasteiger charge is 2.28. The average molecular weight is 243 g/mol. The average Bonchev–Trinajstić information content (AvgIpc) is 2.29. The number of hydrogen-bond acceptors (Lipinski definition) is 4. The lowest BCUT2D eigenvalue weighted by Crippen LogP contribution is -2.52. The fourth-order valence-electron chi connectivity index (χ4n) is 2.44. The maximum absolute atomic E-state index is 5.95. The lowest BCUT2D eigenvalue weighted by Gasteiger charge is -2.36. The summed E-state index contributed by atoms with van der Waals surface area (Å²) in [5.74, 6) is 0.674. The van der Waals surface area contributed by atoms with Gasteiger partial charge in [-0.2, -0.15) is 0 Å². The molecule has 0 bridgehead atoms. The van der Waals surface area contributed by atoms with Crippen molar-refractivity contribution in [3.8, 4) is 0 Å². The molecule has 0 aromatic rings. The van der Waals surface area contributed by atoms with E-state index in [2.05, 4.69) is 19.2 Å². The molecular weight excluding hydrogens is 218 g/mol. The first-order valence-corrected chi connectivity index (χ1v) is 6.70. The van der Waals surface area contributed by atoms with Gasteiger partial charge in [0.25, 0.3) is 0 Å². The Balaban J connectivity index is 1.61. The van der Waals surface area contributed by atoms with E-state index in [1.807, 2.05) is 0 Å². The molecule has 2 saturated heterocycles. The first-order chi connectivity index (χ1) is 8.16. The van der Waals surface area contributed by atoms with Crippen molar-refractivity contribution in [2.45, 2.75) is 38.4 Å². The van der Waals surface area contributed by atoms with E-state index in [-0.39, 0.29) is 11.7 Å². The minimum absolute atomic E-state index is 0.0645. The Morgan fingerprint density at radius 1 is 1.24 bits per heavy atom. The van der Waals surface area contributed by atoms with Crippen molar-refractivity contribution in [2.24, 2.45) is 5.92 Å². The minimum Gasteiger partial charge on any atom is -0.381 e. The lowest BCUT2D eigenvalue weighted by atomic mass is 10.0. The smallest absolute Gasteiger partial charge is 0.0940 e. The molecule has 0 aromatic carbocycles. The van der Waals surface area contributed by atoms with Gasteiger partial charge in [-0.25, -0.2) is 0 Å². The molecule has 2 heterocycles. The zero-order valence-electron chi connectivity index (χ0n) is 11.0. The lowest BCUT2D eigenvalue weighted by molar-refractivity contribution is -0.124. The molecule has 1 N–H and O–H groups in total. The number of ether oxygens (including phenoxy) is 3. The normalized spacial score (nSPS) is 30.4. The molecule has 100 valence electrons. The van der Waals surface area contributed by atoms with Crippen LogP contribution in [-0.4, -0.2) is 51.2 Å². The third-order valence-electron chi connectivity index (χ3n) is 3.41. The van der Waals surface area contributed by atoms with Crippen molar-refractivity contribution in [1.82, 2.24) is 5.32 Å². The van der Waals surface area contributed by atoms with Crippen LogP contribution in [0.3, 0.4) is 0 Å². The molecule has 1 unspecified atom stereocenters. The van der Waals surface area contributed by atoms with Gasteiger partial charge in [-0.3, -0.25) is 0 Å². The standard InChI is InChI=1S/C13H25NO3/c1-13(2)10-14-7-12(17-13)9-16-8-11-3-5-15-6-4-11/h11-12,14H,3-10H2,1-2H3. The Morgan fingerprint density at radius 2 is 2.00 bits per heavy atom. The molecule has 0 saturated carbocycles. The van der Waals surface area contributed by atoms with Crippen LogP contribution < -0.4 is 5.32 Å². The zero-order chi connectivity index (χ0) is 12.1. The first-order valence-electron chi connectivity index (χ1n) is 6.70. The summed E-state index contributed by atoms with van der Waals surface area (Å²) in [6.45, 7) is 9.39. The van der Waals surface area contributed by atoms with Gasteiger partial charge >= 0.3 is 0 Å². The minimum atomic E-state index is -0.0645. The quantitative estimate of drug-likeness (QED) is 0.805. The number of hydrogen-bond donors (Lipinski definition) is 1. The molecule has 2 aliphatic heterocycles. The molecule has 0 aromatic heterocycles. The van der Waals surface area contributed by atoms with Crippen molar-refractivity contribution in [3.05, 3.63) is 0 Å². The summed E-state index contributed by atoms with van der Waals surface area (Å²) in [7, 11) is 0. The van der Waals surface area contributed by atoms with E-state index < -0.39 is 0 Å². The topological polar surface area (TPSA) is 39.7 Å². The Kier molecular flexibility index (Phi) is 4.79. The number of morpholine rings is 1. The van der Waals surface area contributed by atoms with Gasteiger partial charge in [-0.1, -0.05) is 0 Å². The molecule has 1 atom stereocenters. The van der Waals surface area contributed by atoms with Crippen LogP contribution in [0.4, 0.5) is 0 Å². The van der Waals surface area contributed by atoms with E-state index in [9.17, 15) is 0 Å². The molecule has 0 radical (unpaired) electrons. The predicted molar refractivity (Wildman–Crippen MR) is 66.2 cm³/mol. The van der Waals surface area contributed by atoms with Crippen molar-refractivity contribution in [3.63, 3.8) is 0 Å². The van der Waals surface area contributed by atoms with Crippen LogP contribution in [0.25, 0.3) is 0 Å². The van der Waals surface area contributed by atoms with Crippen LogP contribution in [0, 0.1) is 5.92 Å². The van der Waals surface area contributed by atoms with Gasteiger partial charge in [-0.15, -0.1) is 0 Å². The summed E-state index contributed by atoms with van der Waals surface area (Å²) in [6, 6.07) is 0. The molecule has 2 aliphatic rings. The SMILES string of the molecule is CC1(C)CNCC(COCC2CCOCC2)O1. The Morgan fingerprint density at radius 3 is 2.71 bits per heavy atom. The third-order valence-corrected chi connectivity index (χ3v) is 3.41. The van der Waals surface area contributed by atoms with E-state index in [1.54, 1.807) is 0 Å². The van der Waals surface area contributed by atoms with Crippen LogP contribution in [0.15, 0.2) is 0 Å². The van der Waals surface area contributed by atoms with Crippen LogP contribution >= 0.6 is 0 Å². The van der Waals surface area contributed by atoms with E-state index in [4.69, 9.17) is 14.2 Å². The number of nitrogens with one attached hydrogen (secondary N) is 1. The van der Waals surface area contributed by atoms with Gasteiger partial charge < -0.3 is 19.5 Å². The second-order valence-corrected chi connectivity index (χ2v) is 5.72. The highest BCUT2D eigenvalue weighted by Crippen LogP contribution is 2.17. The van der Waals surface area contributed by atoms with Crippen molar-refractivity contribution < 1.29 is 14.2 Å². The van der Waals surface area contributed by atoms with Gasteiger partial charge in [0.2, 0.25) is 0 Å². The van der Waals surface area contributed by atoms with Gasteiger partial charge in [-0.05, 0) is 32.6 Å². The fraction of sp³-hybridized carbons (Fsp3) is 1.00. The third kappa shape index (κ3) is 4.54. The highest BCUT2D eigenvalue weighted by molar-refractivity contribution is 4.81. The number of rotatable bonds is 4. The van der Waals surface area contributed by atoms with Crippen LogP contribution in [0.1, 0.15) is 26.7 Å². The molecule has 0 spiro atoms. The first kappa shape index (κ1) is 13.3. The summed E-state index contributed by atoms with van der Waals surface area (Å²) in [5, 5.41) is 3.39. The molecular formula is C13H25NO3. The molecule has 4 heteroatoms. The molecule has 0 aliphatic carbocycles. The summed E-state index contributed by atoms with van der Waals surface area (Å²) in [4.78, 5) is 0. The molecule has 4 nitrogen and oxygen atoms in total. The van der Waals surface area contributed by atoms with Crippen molar-refractivity contribution >= 4 is 0 Å². The van der Waals surface area contributed by atoms with Crippen LogP contribution in [-0.2, 0) is 14.2 Å². The maximum atomic E-state index is 5.95. The van der Waals surface area contributed by atoms with Gasteiger partial charge in [0.1, 0.15) is 0 Å². The Labute approximate surface area is 104 Å². The van der Waals surface area contributed by atoms with E-state index >= 15 is 0 Å². The Bertz CT molecular complexity index is 227.